The van der Waals surface area contributed by atoms with Crippen molar-refractivity contribution in [3.8, 4) is 0 Å². The lowest BCUT2D eigenvalue weighted by Crippen LogP contribution is -2.60. The van der Waals surface area contributed by atoms with Crippen LogP contribution in [0.2, 0.25) is 0 Å². The minimum Gasteiger partial charge on any atom is -0.480 e. The quantitative estimate of drug-likeness (QED) is 0.0818. The van der Waals surface area contributed by atoms with Crippen molar-refractivity contribution in [1.29, 1.82) is 0 Å². The Balaban J connectivity index is 1.18. The van der Waals surface area contributed by atoms with Crippen LogP contribution in [0, 0.1) is 23.7 Å². The second kappa shape index (κ2) is 31.8. The van der Waals surface area contributed by atoms with E-state index in [1.807, 2.05) is 45.5 Å². The van der Waals surface area contributed by atoms with E-state index in [4.69, 9.17) is 9.47 Å². The highest BCUT2D eigenvalue weighted by atomic mass is 32.2. The van der Waals surface area contributed by atoms with E-state index in [1.165, 1.54) is 38.3 Å². The van der Waals surface area contributed by atoms with Gasteiger partial charge in [-0.2, -0.15) is 11.8 Å². The van der Waals surface area contributed by atoms with Crippen molar-refractivity contribution in [2.45, 2.75) is 203 Å². The molecule has 6 bridgehead atoms. The number of nitrogens with one attached hydrogen (secondary N) is 3. The molecule has 0 radical (unpaired) electrons. The summed E-state index contributed by atoms with van der Waals surface area (Å²) in [6.07, 6.45) is 8.84. The van der Waals surface area contributed by atoms with E-state index in [2.05, 4.69) is 16.0 Å². The van der Waals surface area contributed by atoms with Crippen molar-refractivity contribution in [3.63, 3.8) is 0 Å². The zero-order valence-electron chi connectivity index (χ0n) is 51.3. The molecule has 84 heavy (non-hydrogen) atoms. The van der Waals surface area contributed by atoms with Crippen molar-refractivity contribution < 1.29 is 57.7 Å². The second-order valence-corrected chi connectivity index (χ2v) is 27.1. The van der Waals surface area contributed by atoms with Crippen LogP contribution in [0.15, 0.2) is 48.5 Å². The van der Waals surface area contributed by atoms with Gasteiger partial charge in [0.05, 0.1) is 47.6 Å². The summed E-state index contributed by atoms with van der Waals surface area (Å²) in [5.74, 6) is -5.93. The van der Waals surface area contributed by atoms with E-state index in [-0.39, 0.29) is 71.5 Å². The summed E-state index contributed by atoms with van der Waals surface area (Å²) in [5, 5.41) is 18.7. The molecule has 2 aromatic rings. The molecule has 3 aliphatic heterocycles. The van der Waals surface area contributed by atoms with Gasteiger partial charge in [-0.25, -0.2) is 9.69 Å². The summed E-state index contributed by atoms with van der Waals surface area (Å²) in [4.78, 5) is 133. The number of carboxylic acid groups (broad SMARTS) is 1. The van der Waals surface area contributed by atoms with Crippen LogP contribution in [0.1, 0.15) is 154 Å². The molecule has 464 valence electrons. The number of nitrogens with zero attached hydrogens (tertiary/aromatic N) is 4. The highest BCUT2D eigenvalue weighted by molar-refractivity contribution is 8.01. The lowest BCUT2D eigenvalue weighted by atomic mass is 9.89. The average molecular weight is 1200 g/mol. The topological polar surface area (TPSA) is 241 Å². The lowest BCUT2D eigenvalue weighted by Gasteiger charge is -2.41. The number of amides is 8. The summed E-state index contributed by atoms with van der Waals surface area (Å²) in [7, 11) is 6.09. The zero-order valence-corrected chi connectivity index (χ0v) is 52.9. The van der Waals surface area contributed by atoms with Crippen LogP contribution in [0.3, 0.4) is 0 Å². The van der Waals surface area contributed by atoms with Crippen LogP contribution in [0.4, 0.5) is 11.4 Å². The van der Waals surface area contributed by atoms with Crippen LogP contribution in [-0.2, 0) is 54.3 Å². The van der Waals surface area contributed by atoms with Gasteiger partial charge in [0.1, 0.15) is 18.1 Å². The van der Waals surface area contributed by atoms with Crippen molar-refractivity contribution in [2.75, 3.05) is 50.8 Å². The van der Waals surface area contributed by atoms with Gasteiger partial charge in [-0.3, -0.25) is 38.4 Å². The van der Waals surface area contributed by atoms with Gasteiger partial charge in [0.25, 0.3) is 5.91 Å². The van der Waals surface area contributed by atoms with Crippen LogP contribution in [-0.4, -0.2) is 172 Å². The number of fused-ring (bicyclic) bond motifs is 8. The molecule has 0 spiro atoms. The standard InChI is InChI=1S/C63H93N7O12S2/c1-12-39(6)56(49(81-10)35-52(72)69-29-20-25-48(69)57(82-11)40(7)58(74)65-47(63(79)80)31-41-21-16-15-17-22-41)68(9)62(78)54(37(2)3)66-59(75)55(38(4)5)67(8)60(76)42-32-43-34-44(33-42)70-53(73)36-50(61(70)77)84-46-24-19-14-13-18-23-45(26-27-46)83-30-28-51(71)64-43/h15-17,21-22,32-34,37-40,45-50,54-57H,12-14,18-20,23-31,35-36H2,1-11H3,(H,64,71)(H,65,74)(H,66,75)(H,79,80)/t39-,40+,45?,46?,47-,48-,49+,50?,54-,55-,56-,57+/m0/s1. The minimum atomic E-state index is -1.18. The molecule has 19 nitrogen and oxygen atoms in total. The van der Waals surface area contributed by atoms with Gasteiger partial charge in [0, 0.05) is 81.6 Å². The predicted molar refractivity (Wildman–Crippen MR) is 328 cm³/mol. The number of likely N-dealkylation sites (N-methyl/N-ethyl adjacent to an activating group) is 2. The highest BCUT2D eigenvalue weighted by Crippen LogP contribution is 2.39. The fourth-order valence-electron chi connectivity index (χ4n) is 12.6. The zero-order chi connectivity index (χ0) is 61.5. The van der Waals surface area contributed by atoms with Crippen LogP contribution < -0.4 is 20.9 Å². The third-order valence-corrected chi connectivity index (χ3v) is 20.4. The van der Waals surface area contributed by atoms with Gasteiger partial charge >= 0.3 is 5.97 Å². The molecule has 2 saturated heterocycles. The maximum atomic E-state index is 15.0. The monoisotopic (exact) mass is 1200 g/mol. The molecule has 8 amide bonds. The van der Waals surface area contributed by atoms with E-state index in [9.17, 15) is 48.3 Å². The summed E-state index contributed by atoms with van der Waals surface area (Å²) < 4.78 is 12.0. The normalized spacial score (nSPS) is 22.7. The smallest absolute Gasteiger partial charge is 0.326 e. The number of imide groups is 1. The van der Waals surface area contributed by atoms with Gasteiger partial charge in [-0.1, -0.05) is 111 Å². The molecule has 1 saturated carbocycles. The van der Waals surface area contributed by atoms with Crippen LogP contribution >= 0.6 is 23.5 Å². The number of aliphatic carboxylic acids is 1. The number of hydrogen-bond donors (Lipinski definition) is 4. The Morgan fingerprint density at radius 2 is 1.48 bits per heavy atom. The number of carboxylic acids is 1. The molecular formula is C63H93N7O12S2. The highest BCUT2D eigenvalue weighted by Gasteiger charge is 2.45. The number of rotatable bonds is 22. The molecule has 0 aromatic heterocycles. The number of thioether (sulfide) groups is 2. The van der Waals surface area contributed by atoms with Gasteiger partial charge < -0.3 is 45.2 Å². The number of carbonyl (C=O) groups excluding carboxylic acids is 8. The summed E-state index contributed by atoms with van der Waals surface area (Å²) in [5.41, 5.74) is 1.19. The van der Waals surface area contributed by atoms with E-state index < -0.39 is 101 Å². The van der Waals surface area contributed by atoms with Crippen LogP contribution in [0.5, 0.6) is 0 Å². The van der Waals surface area contributed by atoms with E-state index >= 15 is 0 Å². The SMILES string of the molecule is CC[C@H](C)[C@@H]([C@@H](CC(=O)N1CCC[C@H]1[C@H](OC)[C@@H](C)C(=O)N[C@@H](Cc1ccccc1)C(=O)O)OC)N(C)C(=O)[C@@H](NC(=O)[C@H](C(C)C)N(C)C(=O)c1cc2cc(c1)N1C(=O)CC(SC3CCCCCCC(CC3)SCCC(=O)N2)C1=O)C(C)C. The molecule has 3 unspecified atom stereocenters. The Morgan fingerprint density at radius 3 is 2.11 bits per heavy atom. The molecule has 4 aliphatic rings. The number of ether oxygens (including phenoxy) is 2. The maximum absolute atomic E-state index is 15.0. The molecular weight excluding hydrogens is 1110 g/mol. The first kappa shape index (κ1) is 67.6. The summed E-state index contributed by atoms with van der Waals surface area (Å²) >= 11 is 3.40. The molecule has 3 fully saturated rings. The molecule has 4 N–H and O–H groups in total. The van der Waals surface area contributed by atoms with Crippen molar-refractivity contribution in [1.82, 2.24) is 25.3 Å². The fraction of sp³-hybridized carbons (Fsp3) is 0.667. The number of hydrogen-bond acceptors (Lipinski definition) is 13. The number of anilines is 2. The molecule has 12 atom stereocenters. The number of benzene rings is 2. The largest absolute Gasteiger partial charge is 0.480 e. The molecule has 2 aromatic carbocycles. The van der Waals surface area contributed by atoms with Gasteiger partial charge in [-0.05, 0) is 80.0 Å². The lowest BCUT2D eigenvalue weighted by molar-refractivity contribution is -0.148. The summed E-state index contributed by atoms with van der Waals surface area (Å²) in [6, 6.07) is 8.99. The molecule has 3 heterocycles. The minimum absolute atomic E-state index is 0.0216. The third-order valence-electron chi connectivity index (χ3n) is 17.5. The maximum Gasteiger partial charge on any atom is 0.326 e. The van der Waals surface area contributed by atoms with Gasteiger partial charge in [0.15, 0.2) is 0 Å². The Morgan fingerprint density at radius 1 is 0.798 bits per heavy atom. The van der Waals surface area contributed by atoms with Gasteiger partial charge in [-0.15, -0.1) is 11.8 Å². The Labute approximate surface area is 505 Å². The fourth-order valence-corrected chi connectivity index (χ4v) is 15.4. The number of likely N-dealkylation sites (tertiary alicyclic amines) is 1. The Kier molecular flexibility index (Phi) is 25.6. The molecule has 21 heteroatoms. The van der Waals surface area contributed by atoms with E-state index in [0.29, 0.717) is 36.8 Å². The van der Waals surface area contributed by atoms with Crippen molar-refractivity contribution >= 4 is 88.1 Å². The first-order valence-electron chi connectivity index (χ1n) is 30.3. The van der Waals surface area contributed by atoms with Gasteiger partial charge in [0.2, 0.25) is 41.4 Å². The first-order valence-corrected chi connectivity index (χ1v) is 32.3. The Hall–Kier alpha value is -5.51. The predicted octanol–water partition coefficient (Wildman–Crippen LogP) is 7.97. The summed E-state index contributed by atoms with van der Waals surface area (Å²) in [6.45, 7) is 13.2. The number of methoxy groups -OCH3 is 2. The Bertz CT molecular complexity index is 2630. The third kappa shape index (κ3) is 17.4. The molecule has 6 rings (SSSR count). The van der Waals surface area contributed by atoms with E-state index in [1.54, 1.807) is 79.7 Å². The van der Waals surface area contributed by atoms with Crippen LogP contribution in [0.25, 0.3) is 0 Å². The van der Waals surface area contributed by atoms with Crippen molar-refractivity contribution in [2.24, 2.45) is 23.7 Å². The molecule has 1 aliphatic carbocycles. The van der Waals surface area contributed by atoms with E-state index in [0.717, 1.165) is 61.8 Å². The first-order chi connectivity index (χ1) is 40.0. The number of carbonyl (C=O) groups is 9. The average Bonchev–Trinajstić information content (AvgIpc) is 4.25. The van der Waals surface area contributed by atoms with Crippen molar-refractivity contribution in [3.05, 3.63) is 59.7 Å². The second-order valence-electron chi connectivity index (χ2n) is 24.2.